The minimum absolute atomic E-state index is 0.0600. The Labute approximate surface area is 294 Å². The molecule has 2 fully saturated rings. The van der Waals surface area contributed by atoms with Crippen molar-refractivity contribution in [3.8, 4) is 0 Å². The highest BCUT2D eigenvalue weighted by Crippen LogP contribution is 2.31. The van der Waals surface area contributed by atoms with E-state index in [0.29, 0.717) is 31.3 Å². The lowest BCUT2D eigenvalue weighted by Crippen LogP contribution is -2.40. The molecule has 2 atom stereocenters. The number of nitrogens with one attached hydrogen (secondary N) is 2. The van der Waals surface area contributed by atoms with E-state index in [4.69, 9.17) is 20.0 Å². The number of hydrogen-bond donors (Lipinski definition) is 4. The number of fused-ring (bicyclic) bond motifs is 4. The maximum Gasteiger partial charge on any atom is 0.442 e. The number of aromatic nitrogens is 6. The second-order valence-corrected chi connectivity index (χ2v) is 14.5. The maximum atomic E-state index is 13.1. The van der Waals surface area contributed by atoms with Crippen molar-refractivity contribution in [2.45, 2.75) is 12.1 Å². The van der Waals surface area contributed by atoms with Crippen molar-refractivity contribution in [3.63, 3.8) is 0 Å². The average Bonchev–Trinajstić information content (AvgIpc) is 3.96. The summed E-state index contributed by atoms with van der Waals surface area (Å²) < 4.78 is 39.3. The summed E-state index contributed by atoms with van der Waals surface area (Å²) in [7, 11) is -4.99. The molecule has 51 heavy (non-hydrogen) atoms. The van der Waals surface area contributed by atoms with Gasteiger partial charge in [0.05, 0.1) is 36.9 Å². The Morgan fingerprint density at radius 2 is 1.20 bits per heavy atom. The fourth-order valence-corrected chi connectivity index (χ4v) is 7.62. The first-order valence-electron chi connectivity index (χ1n) is 14.8. The number of hydrogen-bond acceptors (Lipinski definition) is 16. The second kappa shape index (κ2) is 12.2. The molecule has 264 valence electrons. The van der Waals surface area contributed by atoms with Crippen LogP contribution in [0.25, 0.3) is 11.4 Å². The van der Waals surface area contributed by atoms with E-state index in [2.05, 4.69) is 30.8 Å². The minimum atomic E-state index is -4.99. The highest BCUT2D eigenvalue weighted by molar-refractivity contribution is 7.81. The molecule has 0 spiro atoms. The molecule has 8 heterocycles. The van der Waals surface area contributed by atoms with Gasteiger partial charge < -0.3 is 31.9 Å². The largest absolute Gasteiger partial charge is 0.442 e. The summed E-state index contributed by atoms with van der Waals surface area (Å²) in [5.41, 5.74) is 12.2. The molecule has 0 aliphatic carbocycles. The fourth-order valence-electron chi connectivity index (χ4n) is 5.69. The van der Waals surface area contributed by atoms with Gasteiger partial charge in [0.25, 0.3) is 11.8 Å². The number of carbonyl (C=O) groups is 4. The van der Waals surface area contributed by atoms with E-state index < -0.39 is 46.4 Å². The molecule has 2 unspecified atom stereocenters. The molecule has 4 bridgehead atoms. The van der Waals surface area contributed by atoms with Crippen LogP contribution in [0.4, 0.5) is 31.5 Å². The molecule has 4 aromatic rings. The normalized spacial score (nSPS) is 19.8. The van der Waals surface area contributed by atoms with Gasteiger partial charge in [-0.3, -0.25) is 9.59 Å². The zero-order chi connectivity index (χ0) is 35.6. The SMILES string of the molecule is Nc1ncc(C(=O)Nc2ccn(C3=CC4CN(C3)C(=O)N4OS(=O)(=O)ON3C(=O)N4CC(n5ccc(NC(=O)c6cnc(N)s6)n5)=CC3C4)n2)s1. The van der Waals surface area contributed by atoms with Gasteiger partial charge in [-0.2, -0.15) is 28.7 Å². The number of nitrogens with two attached hydrogens (primary N) is 2. The number of hydroxylamine groups is 4. The van der Waals surface area contributed by atoms with Crippen molar-refractivity contribution in [1.29, 1.82) is 0 Å². The van der Waals surface area contributed by atoms with E-state index in [9.17, 15) is 27.6 Å². The van der Waals surface area contributed by atoms with E-state index in [1.54, 1.807) is 36.7 Å². The van der Waals surface area contributed by atoms with Gasteiger partial charge in [0.15, 0.2) is 21.9 Å². The second-order valence-electron chi connectivity index (χ2n) is 11.3. The quantitative estimate of drug-likeness (QED) is 0.171. The van der Waals surface area contributed by atoms with Crippen molar-refractivity contribution < 1.29 is 36.2 Å². The molecule has 22 nitrogen and oxygen atoms in total. The van der Waals surface area contributed by atoms with Crippen LogP contribution in [0.15, 0.2) is 49.1 Å². The minimum Gasteiger partial charge on any atom is -0.375 e. The van der Waals surface area contributed by atoms with Gasteiger partial charge in [0, 0.05) is 37.6 Å². The Morgan fingerprint density at radius 3 is 1.59 bits per heavy atom. The van der Waals surface area contributed by atoms with Gasteiger partial charge in [-0.25, -0.2) is 28.9 Å². The summed E-state index contributed by atoms with van der Waals surface area (Å²) in [6, 6.07) is -0.110. The Balaban J connectivity index is 0.919. The van der Waals surface area contributed by atoms with Crippen molar-refractivity contribution in [3.05, 3.63) is 58.8 Å². The van der Waals surface area contributed by atoms with Crippen LogP contribution in [-0.4, -0.2) is 120 Å². The summed E-state index contributed by atoms with van der Waals surface area (Å²) in [5, 5.41) is 15.7. The average molecular weight is 757 g/mol. The topological polar surface area (TPSA) is 271 Å². The van der Waals surface area contributed by atoms with Gasteiger partial charge in [0.2, 0.25) is 0 Å². The summed E-state index contributed by atoms with van der Waals surface area (Å²) in [4.78, 5) is 62.1. The molecule has 25 heteroatoms. The molecule has 4 aliphatic rings. The Hall–Kier alpha value is -5.89. The predicted octanol–water partition coefficient (Wildman–Crippen LogP) is 0.391. The Bertz CT molecular complexity index is 2120. The van der Waals surface area contributed by atoms with Crippen molar-refractivity contribution >= 4 is 90.2 Å². The van der Waals surface area contributed by atoms with Crippen LogP contribution >= 0.6 is 22.7 Å². The van der Waals surface area contributed by atoms with Gasteiger partial charge in [-0.1, -0.05) is 22.7 Å². The first-order valence-corrected chi connectivity index (χ1v) is 17.7. The molecule has 0 radical (unpaired) electrons. The number of anilines is 4. The summed E-state index contributed by atoms with van der Waals surface area (Å²) in [5.74, 6) is -0.449. The van der Waals surface area contributed by atoms with Gasteiger partial charge in [-0.05, 0) is 12.2 Å². The lowest BCUT2D eigenvalue weighted by atomic mass is 10.2. The van der Waals surface area contributed by atoms with Crippen LogP contribution in [0.3, 0.4) is 0 Å². The highest BCUT2D eigenvalue weighted by atomic mass is 32.3. The van der Waals surface area contributed by atoms with Gasteiger partial charge in [0.1, 0.15) is 21.8 Å². The molecule has 2 saturated heterocycles. The van der Waals surface area contributed by atoms with Crippen molar-refractivity contribution in [1.82, 2.24) is 49.5 Å². The number of nitrogens with zero attached hydrogens (tertiary/aromatic N) is 10. The number of rotatable bonds is 10. The number of nitrogen functional groups attached to an aromatic ring is 2. The first kappa shape index (κ1) is 32.3. The molecule has 8 rings (SSSR count). The molecule has 6 amide bonds. The number of thiazole rings is 2. The van der Waals surface area contributed by atoms with E-state index in [1.165, 1.54) is 31.6 Å². The standard InChI is InChI=1S/C26H24N14O8S3/c27-23-29-7-17(49-23)21(41)31-19-1-3-37(33-19)13-5-15-11-35(9-13)25(43)39(15)47-51(45,46)48-40-16-6-14(10-36(12-16)26(40)44)38-4-2-20(34-38)32-22(42)18-8-30-24(28)50-18/h1-8,15-16H,9-12H2,(H2,27,29)(H2,28,30)(H,31,33,41)(H,32,34,42). The monoisotopic (exact) mass is 756 g/mol. The van der Waals surface area contributed by atoms with E-state index in [0.717, 1.165) is 22.7 Å². The van der Waals surface area contributed by atoms with Gasteiger partial charge >= 0.3 is 22.5 Å². The third-order valence-electron chi connectivity index (χ3n) is 7.90. The van der Waals surface area contributed by atoms with Crippen LogP contribution in [-0.2, 0) is 19.0 Å². The van der Waals surface area contributed by atoms with E-state index in [1.807, 2.05) is 0 Å². The van der Waals surface area contributed by atoms with E-state index >= 15 is 0 Å². The molecule has 4 aromatic heterocycles. The molecular weight excluding hydrogens is 733 g/mol. The number of carbonyl (C=O) groups excluding carboxylic acids is 4. The third kappa shape index (κ3) is 6.22. The van der Waals surface area contributed by atoms with Crippen LogP contribution in [0.5, 0.6) is 0 Å². The molecule has 0 aromatic carbocycles. The zero-order valence-electron chi connectivity index (χ0n) is 25.7. The highest BCUT2D eigenvalue weighted by Gasteiger charge is 2.47. The zero-order valence-corrected chi connectivity index (χ0v) is 28.2. The summed E-state index contributed by atoms with van der Waals surface area (Å²) in [6.45, 7) is 0.353. The van der Waals surface area contributed by atoms with Crippen LogP contribution in [0.2, 0.25) is 0 Å². The van der Waals surface area contributed by atoms with Crippen LogP contribution in [0.1, 0.15) is 19.3 Å². The summed E-state index contributed by atoms with van der Waals surface area (Å²) in [6.07, 6.45) is 9.03. The smallest absolute Gasteiger partial charge is 0.375 e. The number of urea groups is 2. The van der Waals surface area contributed by atoms with Crippen molar-refractivity contribution in [2.24, 2.45) is 0 Å². The lowest BCUT2D eigenvalue weighted by Gasteiger charge is -2.22. The molecule has 4 aliphatic heterocycles. The first-order chi connectivity index (χ1) is 24.4. The maximum absolute atomic E-state index is 13.1. The Kier molecular flexibility index (Phi) is 7.71. The molecule has 6 N–H and O–H groups in total. The Morgan fingerprint density at radius 1 is 0.765 bits per heavy atom. The lowest BCUT2D eigenvalue weighted by molar-refractivity contribution is -0.0723. The predicted molar refractivity (Wildman–Crippen MR) is 178 cm³/mol. The van der Waals surface area contributed by atoms with E-state index in [-0.39, 0.29) is 48.1 Å². The summed E-state index contributed by atoms with van der Waals surface area (Å²) >= 11 is 2.04. The third-order valence-corrected chi connectivity index (χ3v) is 10.2. The number of amides is 6. The molecule has 0 saturated carbocycles. The van der Waals surface area contributed by atoms with Crippen LogP contribution in [0, 0.1) is 0 Å². The molecular formula is C26H24N14O8S3. The fraction of sp³-hybridized carbons (Fsp3) is 0.231. The van der Waals surface area contributed by atoms with Crippen LogP contribution < -0.4 is 22.1 Å². The van der Waals surface area contributed by atoms with Crippen molar-refractivity contribution in [2.75, 3.05) is 48.3 Å². The van der Waals surface area contributed by atoms with Gasteiger partial charge in [-0.15, -0.1) is 8.57 Å².